The second-order valence-electron chi connectivity index (χ2n) is 6.61. The molecule has 0 aliphatic carbocycles. The normalized spacial score (nSPS) is 12.8. The molecule has 1 amide bonds. The largest absolute Gasteiger partial charge is 0.497 e. The molecule has 3 rings (SSSR count). The highest BCUT2D eigenvalue weighted by Gasteiger charge is 2.31. The molecule has 0 spiro atoms. The Morgan fingerprint density at radius 3 is 2.36 bits per heavy atom. The van der Waals surface area contributed by atoms with Gasteiger partial charge in [-0.2, -0.15) is 0 Å². The highest BCUT2D eigenvalue weighted by Crippen LogP contribution is 2.26. The van der Waals surface area contributed by atoms with Gasteiger partial charge in [-0.3, -0.25) is 4.79 Å². The monoisotopic (exact) mass is 379 g/mol. The van der Waals surface area contributed by atoms with E-state index in [-0.39, 0.29) is 18.7 Å². The highest BCUT2D eigenvalue weighted by molar-refractivity contribution is 5.79. The second-order valence-corrected chi connectivity index (χ2v) is 6.61. The van der Waals surface area contributed by atoms with Gasteiger partial charge in [-0.05, 0) is 35.4 Å². The number of rotatable bonds is 7. The molecule has 3 aromatic rings. The van der Waals surface area contributed by atoms with Crippen LogP contribution < -0.4 is 10.1 Å². The first-order valence-corrected chi connectivity index (χ1v) is 8.95. The van der Waals surface area contributed by atoms with Crippen LogP contribution in [0.1, 0.15) is 16.7 Å². The van der Waals surface area contributed by atoms with E-state index in [2.05, 4.69) is 5.32 Å². The summed E-state index contributed by atoms with van der Waals surface area (Å²) in [6, 6.07) is 22.0. The Kier molecular flexibility index (Phi) is 6.06. The smallest absolute Gasteiger partial charge is 0.226 e. The van der Waals surface area contributed by atoms with Crippen LogP contribution in [-0.4, -0.2) is 18.1 Å². The van der Waals surface area contributed by atoms with Gasteiger partial charge in [0.2, 0.25) is 5.91 Å². The van der Waals surface area contributed by atoms with Crippen molar-refractivity contribution < 1.29 is 19.0 Å². The van der Waals surface area contributed by atoms with Crippen LogP contribution in [0.25, 0.3) is 0 Å². The van der Waals surface area contributed by atoms with Crippen molar-refractivity contribution in [3.63, 3.8) is 0 Å². The van der Waals surface area contributed by atoms with Crippen LogP contribution in [0.15, 0.2) is 78.9 Å². The Morgan fingerprint density at radius 1 is 1.00 bits per heavy atom. The fourth-order valence-electron chi connectivity index (χ4n) is 3.08. The number of carbonyl (C=O) groups is 1. The Bertz CT molecular complexity index is 928. The molecule has 0 aliphatic rings. The maximum absolute atomic E-state index is 13.4. The maximum Gasteiger partial charge on any atom is 0.226 e. The number of methoxy groups -OCH3 is 1. The lowest BCUT2D eigenvalue weighted by molar-refractivity contribution is -0.128. The molecule has 1 unspecified atom stereocenters. The number of hydrogen-bond donors (Lipinski definition) is 2. The van der Waals surface area contributed by atoms with Crippen LogP contribution in [0.5, 0.6) is 5.75 Å². The summed E-state index contributed by atoms with van der Waals surface area (Å²) in [5, 5.41) is 14.1. The van der Waals surface area contributed by atoms with Crippen molar-refractivity contribution >= 4 is 5.91 Å². The predicted molar refractivity (Wildman–Crippen MR) is 105 cm³/mol. The molecule has 144 valence electrons. The van der Waals surface area contributed by atoms with E-state index >= 15 is 0 Å². The van der Waals surface area contributed by atoms with Crippen LogP contribution in [0, 0.1) is 5.82 Å². The Morgan fingerprint density at radius 2 is 1.68 bits per heavy atom. The van der Waals surface area contributed by atoms with E-state index < -0.39 is 11.5 Å². The third-order valence-electron chi connectivity index (χ3n) is 4.47. The SMILES string of the molecule is COc1cccc(CC(O)(NC(=O)Cc2ccccc2)c2ccc(F)cc2)c1. The van der Waals surface area contributed by atoms with Gasteiger partial charge in [0.15, 0.2) is 5.72 Å². The molecule has 0 bridgehead atoms. The molecular formula is C23H22FNO3. The van der Waals surface area contributed by atoms with Gasteiger partial charge < -0.3 is 15.2 Å². The molecule has 3 aromatic carbocycles. The molecule has 0 saturated carbocycles. The number of nitrogens with one attached hydrogen (secondary N) is 1. The van der Waals surface area contributed by atoms with Crippen LogP contribution in [0.2, 0.25) is 0 Å². The quantitative estimate of drug-likeness (QED) is 0.617. The van der Waals surface area contributed by atoms with Gasteiger partial charge in [0.05, 0.1) is 13.5 Å². The third-order valence-corrected chi connectivity index (χ3v) is 4.47. The minimum Gasteiger partial charge on any atom is -0.497 e. The zero-order valence-corrected chi connectivity index (χ0v) is 15.6. The second kappa shape index (κ2) is 8.67. The first kappa shape index (κ1) is 19.6. The average molecular weight is 379 g/mol. The predicted octanol–water partition coefficient (Wildman–Crippen LogP) is 3.58. The summed E-state index contributed by atoms with van der Waals surface area (Å²) < 4.78 is 18.6. The number of aliphatic hydroxyl groups is 1. The van der Waals surface area contributed by atoms with Crippen molar-refractivity contribution in [1.29, 1.82) is 0 Å². The molecule has 0 aliphatic heterocycles. The summed E-state index contributed by atoms with van der Waals surface area (Å²) in [4.78, 5) is 12.6. The summed E-state index contributed by atoms with van der Waals surface area (Å²) in [6.07, 6.45) is 0.235. The van der Waals surface area contributed by atoms with Crippen LogP contribution in [0.3, 0.4) is 0 Å². The molecule has 0 radical (unpaired) electrons. The van der Waals surface area contributed by atoms with E-state index in [4.69, 9.17) is 4.74 Å². The van der Waals surface area contributed by atoms with Crippen molar-refractivity contribution in [2.75, 3.05) is 7.11 Å². The van der Waals surface area contributed by atoms with E-state index in [9.17, 15) is 14.3 Å². The molecule has 28 heavy (non-hydrogen) atoms. The molecule has 0 fully saturated rings. The highest BCUT2D eigenvalue weighted by atomic mass is 19.1. The van der Waals surface area contributed by atoms with E-state index in [0.717, 1.165) is 11.1 Å². The minimum absolute atomic E-state index is 0.108. The summed E-state index contributed by atoms with van der Waals surface area (Å²) >= 11 is 0. The summed E-state index contributed by atoms with van der Waals surface area (Å²) in [6.45, 7) is 0. The van der Waals surface area contributed by atoms with E-state index in [1.807, 2.05) is 42.5 Å². The number of benzene rings is 3. The van der Waals surface area contributed by atoms with Crippen molar-refractivity contribution in [2.24, 2.45) is 0 Å². The lowest BCUT2D eigenvalue weighted by Crippen LogP contribution is -2.48. The van der Waals surface area contributed by atoms with Crippen molar-refractivity contribution in [1.82, 2.24) is 5.32 Å². The summed E-state index contributed by atoms with van der Waals surface area (Å²) in [7, 11) is 1.56. The lowest BCUT2D eigenvalue weighted by Gasteiger charge is -2.30. The van der Waals surface area contributed by atoms with Gasteiger partial charge in [0.1, 0.15) is 11.6 Å². The van der Waals surface area contributed by atoms with Crippen molar-refractivity contribution in [3.05, 3.63) is 101 Å². The molecular weight excluding hydrogens is 357 g/mol. The van der Waals surface area contributed by atoms with Crippen LogP contribution in [-0.2, 0) is 23.4 Å². The maximum atomic E-state index is 13.4. The summed E-state index contributed by atoms with van der Waals surface area (Å²) in [5.74, 6) is -0.0985. The fraction of sp³-hybridized carbons (Fsp3) is 0.174. The standard InChI is InChI=1S/C23H22FNO3/c1-28-21-9-5-8-18(14-21)16-23(27,19-10-12-20(24)13-11-19)25-22(26)15-17-6-3-2-4-7-17/h2-14,27H,15-16H2,1H3,(H,25,26). The first-order chi connectivity index (χ1) is 13.5. The number of hydrogen-bond acceptors (Lipinski definition) is 3. The van der Waals surface area contributed by atoms with E-state index in [1.165, 1.54) is 24.3 Å². The average Bonchev–Trinajstić information content (AvgIpc) is 2.69. The van der Waals surface area contributed by atoms with Gasteiger partial charge >= 0.3 is 0 Å². The molecule has 0 saturated heterocycles. The summed E-state index contributed by atoms with van der Waals surface area (Å²) in [5.41, 5.74) is 0.318. The van der Waals surface area contributed by atoms with Gasteiger partial charge in [-0.25, -0.2) is 4.39 Å². The zero-order chi connectivity index (χ0) is 20.0. The van der Waals surface area contributed by atoms with E-state index in [1.54, 1.807) is 19.2 Å². The fourth-order valence-corrected chi connectivity index (χ4v) is 3.08. The molecule has 0 aromatic heterocycles. The third kappa shape index (κ3) is 4.96. The number of ether oxygens (including phenoxy) is 1. The number of amides is 1. The first-order valence-electron chi connectivity index (χ1n) is 8.95. The molecule has 1 atom stereocenters. The van der Waals surface area contributed by atoms with Crippen molar-refractivity contribution in [2.45, 2.75) is 18.6 Å². The van der Waals surface area contributed by atoms with Gasteiger partial charge in [-0.1, -0.05) is 54.6 Å². The minimum atomic E-state index is -1.69. The molecule has 4 nitrogen and oxygen atoms in total. The Labute approximate surface area is 163 Å². The van der Waals surface area contributed by atoms with E-state index in [0.29, 0.717) is 11.3 Å². The van der Waals surface area contributed by atoms with Gasteiger partial charge in [0, 0.05) is 12.0 Å². The van der Waals surface area contributed by atoms with Crippen LogP contribution >= 0.6 is 0 Å². The van der Waals surface area contributed by atoms with Gasteiger partial charge in [-0.15, -0.1) is 0 Å². The Balaban J connectivity index is 1.87. The molecule has 2 N–H and O–H groups in total. The van der Waals surface area contributed by atoms with Crippen LogP contribution in [0.4, 0.5) is 4.39 Å². The number of halogens is 1. The van der Waals surface area contributed by atoms with Gasteiger partial charge in [0.25, 0.3) is 0 Å². The zero-order valence-electron chi connectivity index (χ0n) is 15.6. The molecule has 5 heteroatoms. The lowest BCUT2D eigenvalue weighted by atomic mass is 9.94. The topological polar surface area (TPSA) is 58.6 Å². The van der Waals surface area contributed by atoms with Crippen molar-refractivity contribution in [3.8, 4) is 5.75 Å². The molecule has 0 heterocycles. The Hall–Kier alpha value is -3.18. The number of carbonyl (C=O) groups excluding carboxylic acids is 1.